The summed E-state index contributed by atoms with van der Waals surface area (Å²) in [6.07, 6.45) is 1.29. The molecule has 0 radical (unpaired) electrons. The van der Waals surface area contributed by atoms with Gasteiger partial charge in [-0.2, -0.15) is 0 Å². The average Bonchev–Trinajstić information content (AvgIpc) is 2.89. The smallest absolute Gasteiger partial charge is 0.371 e. The van der Waals surface area contributed by atoms with E-state index in [1.165, 1.54) is 6.07 Å². The molecule has 1 heterocycles. The van der Waals surface area contributed by atoms with Crippen molar-refractivity contribution >= 4 is 17.6 Å². The Balaban J connectivity index is 2.11. The van der Waals surface area contributed by atoms with Gasteiger partial charge in [-0.05, 0) is 42.8 Å². The van der Waals surface area contributed by atoms with Gasteiger partial charge in [0.1, 0.15) is 5.76 Å². The Kier molecular flexibility index (Phi) is 4.20. The van der Waals surface area contributed by atoms with Crippen molar-refractivity contribution in [3.05, 3.63) is 42.2 Å². The molecule has 0 aliphatic rings. The number of benzene rings is 1. The summed E-state index contributed by atoms with van der Waals surface area (Å²) < 4.78 is 5.20. The molecule has 5 nitrogen and oxygen atoms in total. The van der Waals surface area contributed by atoms with Crippen LogP contribution in [0.4, 0.5) is 5.69 Å². The van der Waals surface area contributed by atoms with Crippen LogP contribution in [0.25, 0.3) is 11.3 Å². The monoisotopic (exact) mass is 273 g/mol. The quantitative estimate of drug-likeness (QED) is 0.875. The van der Waals surface area contributed by atoms with Crippen molar-refractivity contribution in [1.29, 1.82) is 0 Å². The number of nitrogens with one attached hydrogen (secondary N) is 1. The highest BCUT2D eigenvalue weighted by molar-refractivity contribution is 5.91. The minimum absolute atomic E-state index is 0.0218. The fourth-order valence-corrected chi connectivity index (χ4v) is 1.78. The summed E-state index contributed by atoms with van der Waals surface area (Å²) in [5.41, 5.74) is 1.46. The molecule has 0 unspecified atom stereocenters. The molecule has 0 aliphatic carbocycles. The standard InChI is InChI=1S/C15H15NO4/c1-2-3-14(17)16-11-6-4-10(5-7-11)12-8-9-13(20-12)15(18)19/h4-9H,2-3H2,1H3,(H,16,17)(H,18,19). The molecule has 0 atom stereocenters. The molecule has 0 saturated heterocycles. The molecule has 104 valence electrons. The van der Waals surface area contributed by atoms with E-state index >= 15 is 0 Å². The number of aromatic carboxylic acids is 1. The molecule has 1 aromatic carbocycles. The third-order valence-corrected chi connectivity index (χ3v) is 2.75. The fraction of sp³-hybridized carbons (Fsp3) is 0.200. The Morgan fingerprint density at radius 2 is 1.85 bits per heavy atom. The van der Waals surface area contributed by atoms with E-state index in [-0.39, 0.29) is 11.7 Å². The Hall–Kier alpha value is -2.56. The molecule has 2 rings (SSSR count). The second kappa shape index (κ2) is 6.06. The van der Waals surface area contributed by atoms with Crippen LogP contribution in [0.1, 0.15) is 30.3 Å². The van der Waals surface area contributed by atoms with E-state index in [0.29, 0.717) is 17.9 Å². The van der Waals surface area contributed by atoms with Gasteiger partial charge in [0.15, 0.2) is 0 Å². The molecule has 0 aliphatic heterocycles. The van der Waals surface area contributed by atoms with E-state index in [9.17, 15) is 9.59 Å². The maximum Gasteiger partial charge on any atom is 0.371 e. The second-order valence-electron chi connectivity index (χ2n) is 4.34. The van der Waals surface area contributed by atoms with Crippen LogP contribution in [0.5, 0.6) is 0 Å². The number of furan rings is 1. The number of carboxylic acids is 1. The van der Waals surface area contributed by atoms with Crippen LogP contribution < -0.4 is 5.32 Å². The van der Waals surface area contributed by atoms with Crippen LogP contribution in [-0.4, -0.2) is 17.0 Å². The Morgan fingerprint density at radius 1 is 1.15 bits per heavy atom. The minimum Gasteiger partial charge on any atom is -0.475 e. The summed E-state index contributed by atoms with van der Waals surface area (Å²) in [5, 5.41) is 11.6. The van der Waals surface area contributed by atoms with E-state index in [1.807, 2.05) is 6.92 Å². The number of rotatable bonds is 5. The fourth-order valence-electron chi connectivity index (χ4n) is 1.78. The molecule has 5 heteroatoms. The van der Waals surface area contributed by atoms with Crippen LogP contribution in [0.2, 0.25) is 0 Å². The van der Waals surface area contributed by atoms with Crippen LogP contribution in [0.3, 0.4) is 0 Å². The van der Waals surface area contributed by atoms with Gasteiger partial charge in [0.05, 0.1) is 0 Å². The topological polar surface area (TPSA) is 79.5 Å². The predicted molar refractivity (Wildman–Crippen MR) is 74.6 cm³/mol. The lowest BCUT2D eigenvalue weighted by Gasteiger charge is -2.04. The Morgan fingerprint density at radius 3 is 2.40 bits per heavy atom. The summed E-state index contributed by atoms with van der Waals surface area (Å²) in [4.78, 5) is 22.2. The van der Waals surface area contributed by atoms with Crippen molar-refractivity contribution in [1.82, 2.24) is 0 Å². The lowest BCUT2D eigenvalue weighted by molar-refractivity contribution is -0.116. The average molecular weight is 273 g/mol. The zero-order valence-corrected chi connectivity index (χ0v) is 11.1. The van der Waals surface area contributed by atoms with Crippen molar-refractivity contribution in [3.8, 4) is 11.3 Å². The van der Waals surface area contributed by atoms with Gasteiger partial charge in [0, 0.05) is 17.7 Å². The zero-order valence-electron chi connectivity index (χ0n) is 11.1. The lowest BCUT2D eigenvalue weighted by atomic mass is 10.1. The molecule has 1 aromatic heterocycles. The van der Waals surface area contributed by atoms with E-state index in [4.69, 9.17) is 9.52 Å². The normalized spacial score (nSPS) is 10.2. The molecule has 0 spiro atoms. The summed E-state index contributed by atoms with van der Waals surface area (Å²) in [7, 11) is 0. The van der Waals surface area contributed by atoms with Crippen LogP contribution in [0.15, 0.2) is 40.8 Å². The van der Waals surface area contributed by atoms with Crippen molar-refractivity contribution in [2.75, 3.05) is 5.32 Å². The molecular weight excluding hydrogens is 258 g/mol. The van der Waals surface area contributed by atoms with Crippen molar-refractivity contribution in [2.24, 2.45) is 0 Å². The largest absolute Gasteiger partial charge is 0.475 e. The third-order valence-electron chi connectivity index (χ3n) is 2.75. The summed E-state index contributed by atoms with van der Waals surface area (Å²) in [5.74, 6) is -0.736. The van der Waals surface area contributed by atoms with E-state index < -0.39 is 5.97 Å². The van der Waals surface area contributed by atoms with Crippen LogP contribution >= 0.6 is 0 Å². The number of carboxylic acid groups (broad SMARTS) is 1. The van der Waals surface area contributed by atoms with Crippen molar-refractivity contribution in [3.63, 3.8) is 0 Å². The first-order valence-electron chi connectivity index (χ1n) is 6.33. The van der Waals surface area contributed by atoms with E-state index in [2.05, 4.69) is 5.32 Å². The van der Waals surface area contributed by atoms with Gasteiger partial charge in [0.25, 0.3) is 0 Å². The highest BCUT2D eigenvalue weighted by atomic mass is 16.4. The maximum absolute atomic E-state index is 11.5. The molecule has 0 bridgehead atoms. The zero-order chi connectivity index (χ0) is 14.5. The minimum atomic E-state index is -1.10. The summed E-state index contributed by atoms with van der Waals surface area (Å²) >= 11 is 0. The summed E-state index contributed by atoms with van der Waals surface area (Å²) in [6.45, 7) is 1.94. The number of amides is 1. The van der Waals surface area contributed by atoms with Gasteiger partial charge >= 0.3 is 5.97 Å². The van der Waals surface area contributed by atoms with Crippen LogP contribution in [0, 0.1) is 0 Å². The molecule has 2 N–H and O–H groups in total. The predicted octanol–water partition coefficient (Wildman–Crippen LogP) is 3.38. The first kappa shape index (κ1) is 13.9. The van der Waals surface area contributed by atoms with Crippen molar-refractivity contribution in [2.45, 2.75) is 19.8 Å². The molecule has 0 saturated carbocycles. The van der Waals surface area contributed by atoms with E-state index in [1.54, 1.807) is 30.3 Å². The van der Waals surface area contributed by atoms with E-state index in [0.717, 1.165) is 12.0 Å². The second-order valence-corrected chi connectivity index (χ2v) is 4.34. The third kappa shape index (κ3) is 3.26. The number of hydrogen-bond donors (Lipinski definition) is 2. The van der Waals surface area contributed by atoms with Gasteiger partial charge in [-0.15, -0.1) is 0 Å². The molecule has 2 aromatic rings. The maximum atomic E-state index is 11.5. The molecule has 0 fully saturated rings. The number of hydrogen-bond acceptors (Lipinski definition) is 3. The first-order chi connectivity index (χ1) is 9.60. The highest BCUT2D eigenvalue weighted by Gasteiger charge is 2.10. The summed E-state index contributed by atoms with van der Waals surface area (Å²) in [6, 6.07) is 10.1. The lowest BCUT2D eigenvalue weighted by Crippen LogP contribution is -2.10. The molecule has 1 amide bonds. The highest BCUT2D eigenvalue weighted by Crippen LogP contribution is 2.23. The van der Waals surface area contributed by atoms with Crippen LogP contribution in [-0.2, 0) is 4.79 Å². The Labute approximate surface area is 116 Å². The van der Waals surface area contributed by atoms with Gasteiger partial charge in [-0.1, -0.05) is 6.92 Å². The molecule has 20 heavy (non-hydrogen) atoms. The first-order valence-corrected chi connectivity index (χ1v) is 6.33. The number of anilines is 1. The number of carbonyl (C=O) groups is 2. The van der Waals surface area contributed by atoms with Crippen molar-refractivity contribution < 1.29 is 19.1 Å². The number of carbonyl (C=O) groups excluding carboxylic acids is 1. The Bertz CT molecular complexity index is 613. The van der Waals surface area contributed by atoms with Gasteiger partial charge in [-0.25, -0.2) is 4.79 Å². The van der Waals surface area contributed by atoms with Gasteiger partial charge in [0.2, 0.25) is 11.7 Å². The molecular formula is C15H15NO4. The SMILES string of the molecule is CCCC(=O)Nc1ccc(-c2ccc(C(=O)O)o2)cc1. The van der Waals surface area contributed by atoms with Gasteiger partial charge < -0.3 is 14.8 Å². The van der Waals surface area contributed by atoms with Gasteiger partial charge in [-0.3, -0.25) is 4.79 Å².